The molecule has 0 spiro atoms. The summed E-state index contributed by atoms with van der Waals surface area (Å²) in [4.78, 5) is 2.53. The van der Waals surface area contributed by atoms with Crippen LogP contribution in [-0.4, -0.2) is 30.1 Å². The minimum absolute atomic E-state index is 0.342. The van der Waals surface area contributed by atoms with Gasteiger partial charge in [0.1, 0.15) is 0 Å². The van der Waals surface area contributed by atoms with Crippen LogP contribution in [-0.2, 0) is 0 Å². The van der Waals surface area contributed by atoms with Gasteiger partial charge in [-0.05, 0) is 25.7 Å². The van der Waals surface area contributed by atoms with Gasteiger partial charge in [-0.25, -0.2) is 0 Å². The minimum atomic E-state index is 0.342. The predicted octanol–water partition coefficient (Wildman–Crippen LogP) is 3.51. The summed E-state index contributed by atoms with van der Waals surface area (Å²) >= 11 is 0. The van der Waals surface area contributed by atoms with Crippen molar-refractivity contribution < 1.29 is 0 Å². The first-order valence-corrected chi connectivity index (χ1v) is 7.31. The van der Waals surface area contributed by atoms with E-state index < -0.39 is 0 Å². The van der Waals surface area contributed by atoms with E-state index in [1.54, 1.807) is 0 Å². The first kappa shape index (κ1) is 16.2. The number of allylic oxidation sites excluding steroid dienone is 5. The van der Waals surface area contributed by atoms with Crippen LogP contribution in [0.1, 0.15) is 41.0 Å². The van der Waals surface area contributed by atoms with E-state index in [2.05, 4.69) is 56.9 Å². The molecule has 0 saturated carbocycles. The molecule has 1 rings (SSSR count). The van der Waals surface area contributed by atoms with Crippen LogP contribution < -0.4 is 5.73 Å². The molecule has 0 radical (unpaired) electrons. The Morgan fingerprint density at radius 2 is 1.95 bits per heavy atom. The van der Waals surface area contributed by atoms with Gasteiger partial charge < -0.3 is 5.73 Å². The summed E-state index contributed by atoms with van der Waals surface area (Å²) in [6, 6.07) is 1.12. The molecule has 2 unspecified atom stereocenters. The molecule has 1 aliphatic rings. The van der Waals surface area contributed by atoms with Crippen LogP contribution in [0.2, 0.25) is 0 Å². The summed E-state index contributed by atoms with van der Waals surface area (Å²) in [5.74, 6) is 0. The van der Waals surface area contributed by atoms with Crippen LogP contribution in [0, 0.1) is 5.41 Å². The standard InChI is InChI=1S/C17H30N2/c1-6-7-8-9-10-11-14(2)16-15(12-18)19(16)13-17(3,4)5/h6-9,11,15-16H,10,12-13,18H2,1-5H3/b7-6-,9-8-,14-11+/t15-,16?,19?/m1/s1. The van der Waals surface area contributed by atoms with Crippen molar-refractivity contribution in [3.8, 4) is 0 Å². The lowest BCUT2D eigenvalue weighted by atomic mass is 9.97. The van der Waals surface area contributed by atoms with Gasteiger partial charge in [-0.1, -0.05) is 56.7 Å². The molecule has 0 aromatic heterocycles. The molecule has 1 heterocycles. The highest BCUT2D eigenvalue weighted by Crippen LogP contribution is 2.36. The molecule has 108 valence electrons. The van der Waals surface area contributed by atoms with Gasteiger partial charge >= 0.3 is 0 Å². The lowest BCUT2D eigenvalue weighted by molar-refractivity contribution is 0.302. The van der Waals surface area contributed by atoms with Gasteiger partial charge in [0.05, 0.1) is 0 Å². The largest absolute Gasteiger partial charge is 0.329 e. The number of hydrogen-bond donors (Lipinski definition) is 1. The first-order valence-electron chi connectivity index (χ1n) is 7.31. The zero-order valence-corrected chi connectivity index (χ0v) is 13.2. The zero-order valence-electron chi connectivity index (χ0n) is 13.2. The van der Waals surface area contributed by atoms with E-state index >= 15 is 0 Å². The van der Waals surface area contributed by atoms with Crippen molar-refractivity contribution in [1.82, 2.24) is 4.90 Å². The fourth-order valence-corrected chi connectivity index (χ4v) is 2.57. The Hall–Kier alpha value is -0.860. The molecule has 0 bridgehead atoms. The van der Waals surface area contributed by atoms with Crippen LogP contribution in [0.3, 0.4) is 0 Å². The van der Waals surface area contributed by atoms with Crippen molar-refractivity contribution in [1.29, 1.82) is 0 Å². The maximum atomic E-state index is 5.87. The van der Waals surface area contributed by atoms with E-state index in [0.717, 1.165) is 19.5 Å². The highest BCUT2D eigenvalue weighted by molar-refractivity contribution is 5.24. The fraction of sp³-hybridized carbons (Fsp3) is 0.647. The van der Waals surface area contributed by atoms with Gasteiger partial charge in [-0.2, -0.15) is 0 Å². The third-order valence-electron chi connectivity index (χ3n) is 3.44. The molecule has 0 aromatic carbocycles. The number of hydrogen-bond acceptors (Lipinski definition) is 2. The van der Waals surface area contributed by atoms with Crippen LogP contribution in [0.25, 0.3) is 0 Å². The maximum absolute atomic E-state index is 5.87. The molecular weight excluding hydrogens is 232 g/mol. The maximum Gasteiger partial charge on any atom is 0.0477 e. The molecule has 2 nitrogen and oxygen atoms in total. The van der Waals surface area contributed by atoms with Gasteiger partial charge in [0.15, 0.2) is 0 Å². The Morgan fingerprint density at radius 3 is 2.47 bits per heavy atom. The highest BCUT2D eigenvalue weighted by Gasteiger charge is 2.48. The summed E-state index contributed by atoms with van der Waals surface area (Å²) in [6.45, 7) is 13.0. The fourth-order valence-electron chi connectivity index (χ4n) is 2.57. The Labute approximate surface area is 119 Å². The van der Waals surface area contributed by atoms with Crippen molar-refractivity contribution in [3.05, 3.63) is 36.0 Å². The second-order valence-electron chi connectivity index (χ2n) is 6.62. The van der Waals surface area contributed by atoms with Crippen molar-refractivity contribution in [2.45, 2.75) is 53.1 Å². The van der Waals surface area contributed by atoms with Crippen molar-refractivity contribution in [2.75, 3.05) is 13.1 Å². The van der Waals surface area contributed by atoms with Crippen LogP contribution in [0.15, 0.2) is 36.0 Å². The lowest BCUT2D eigenvalue weighted by Crippen LogP contribution is -2.22. The van der Waals surface area contributed by atoms with Gasteiger partial charge in [0, 0.05) is 25.2 Å². The van der Waals surface area contributed by atoms with Crippen LogP contribution >= 0.6 is 0 Å². The van der Waals surface area contributed by atoms with Crippen LogP contribution in [0.4, 0.5) is 0 Å². The van der Waals surface area contributed by atoms with E-state index in [1.807, 2.05) is 13.0 Å². The molecule has 0 aliphatic carbocycles. The normalized spacial score (nSPS) is 28.5. The average Bonchev–Trinajstić information content (AvgIpc) is 2.99. The Morgan fingerprint density at radius 1 is 1.26 bits per heavy atom. The summed E-state index contributed by atoms with van der Waals surface area (Å²) in [5, 5.41) is 0. The first-order chi connectivity index (χ1) is 8.90. The monoisotopic (exact) mass is 262 g/mol. The molecule has 19 heavy (non-hydrogen) atoms. The van der Waals surface area contributed by atoms with Gasteiger partial charge in [-0.15, -0.1) is 0 Å². The molecular formula is C17H30N2. The van der Waals surface area contributed by atoms with Crippen LogP contribution in [0.5, 0.6) is 0 Å². The van der Waals surface area contributed by atoms with E-state index in [0.29, 0.717) is 17.5 Å². The second-order valence-corrected chi connectivity index (χ2v) is 6.62. The molecule has 1 aliphatic heterocycles. The van der Waals surface area contributed by atoms with Crippen molar-refractivity contribution >= 4 is 0 Å². The molecule has 0 amide bonds. The van der Waals surface area contributed by atoms with E-state index in [1.165, 1.54) is 5.57 Å². The van der Waals surface area contributed by atoms with Gasteiger partial charge in [0.25, 0.3) is 0 Å². The van der Waals surface area contributed by atoms with Crippen molar-refractivity contribution in [3.63, 3.8) is 0 Å². The van der Waals surface area contributed by atoms with E-state index in [9.17, 15) is 0 Å². The van der Waals surface area contributed by atoms with Gasteiger partial charge in [0.2, 0.25) is 0 Å². The summed E-state index contributed by atoms with van der Waals surface area (Å²) in [5.41, 5.74) is 7.68. The summed E-state index contributed by atoms with van der Waals surface area (Å²) in [6.07, 6.45) is 11.7. The highest BCUT2D eigenvalue weighted by atomic mass is 15.4. The zero-order chi connectivity index (χ0) is 14.5. The molecule has 1 fully saturated rings. The van der Waals surface area contributed by atoms with E-state index in [4.69, 9.17) is 5.73 Å². The quantitative estimate of drug-likeness (QED) is 0.451. The van der Waals surface area contributed by atoms with Crippen molar-refractivity contribution in [2.24, 2.45) is 11.1 Å². The summed E-state index contributed by atoms with van der Waals surface area (Å²) in [7, 11) is 0. The molecule has 1 saturated heterocycles. The number of nitrogens with two attached hydrogens (primary N) is 1. The molecule has 3 atom stereocenters. The topological polar surface area (TPSA) is 29.0 Å². The SMILES string of the molecule is C/C=C\C=C/C/C=C(\C)C1[C@@H](CN)N1CC(C)(C)C. The summed E-state index contributed by atoms with van der Waals surface area (Å²) < 4.78 is 0. The Bertz CT molecular complexity index is 358. The lowest BCUT2D eigenvalue weighted by Gasteiger charge is -2.19. The number of nitrogens with zero attached hydrogens (tertiary/aromatic N) is 1. The second kappa shape index (κ2) is 7.06. The molecule has 0 aromatic rings. The number of rotatable bonds is 6. The van der Waals surface area contributed by atoms with Gasteiger partial charge in [-0.3, -0.25) is 4.90 Å². The molecule has 2 heteroatoms. The smallest absolute Gasteiger partial charge is 0.0477 e. The minimum Gasteiger partial charge on any atom is -0.329 e. The average molecular weight is 262 g/mol. The van der Waals surface area contributed by atoms with E-state index in [-0.39, 0.29) is 0 Å². The third-order valence-corrected chi connectivity index (χ3v) is 3.44. The molecule has 2 N–H and O–H groups in total. The Kier molecular flexibility index (Phi) is 6.02. The predicted molar refractivity (Wildman–Crippen MR) is 85.1 cm³/mol. The third kappa shape index (κ3) is 5.33. The Balaban J connectivity index is 2.52.